The highest BCUT2D eigenvalue weighted by Crippen LogP contribution is 2.31. The second kappa shape index (κ2) is 8.49. The minimum atomic E-state index is -0.919. The van der Waals surface area contributed by atoms with E-state index in [2.05, 4.69) is 16.0 Å². The predicted octanol–water partition coefficient (Wildman–Crippen LogP) is 0.989. The van der Waals surface area contributed by atoms with E-state index in [-0.39, 0.29) is 18.9 Å². The van der Waals surface area contributed by atoms with Crippen LogP contribution >= 0.6 is 0 Å². The van der Waals surface area contributed by atoms with Crippen LogP contribution in [0.2, 0.25) is 0 Å². The standard InChI is InChI=1S/C14H25N3O4/c1-2-8-15-11(18)10-16-13(21)17-14(9-12(19)20)6-4-3-5-7-14/h2-10H2,1H3,(H,15,18)(H,19,20)(H2,16,17,21). The first-order valence-electron chi connectivity index (χ1n) is 7.52. The number of urea groups is 1. The van der Waals surface area contributed by atoms with E-state index >= 15 is 0 Å². The minimum absolute atomic E-state index is 0.0809. The Morgan fingerprint density at radius 3 is 2.33 bits per heavy atom. The molecule has 0 aromatic carbocycles. The van der Waals surface area contributed by atoms with Crippen molar-refractivity contribution < 1.29 is 19.5 Å². The van der Waals surface area contributed by atoms with E-state index < -0.39 is 17.5 Å². The van der Waals surface area contributed by atoms with Crippen molar-refractivity contribution in [2.24, 2.45) is 0 Å². The molecule has 1 aliphatic rings. The average molecular weight is 299 g/mol. The van der Waals surface area contributed by atoms with E-state index in [4.69, 9.17) is 5.11 Å². The van der Waals surface area contributed by atoms with Crippen LogP contribution in [0.25, 0.3) is 0 Å². The SMILES string of the molecule is CCCNC(=O)CNC(=O)NC1(CC(=O)O)CCCCC1. The molecule has 0 aromatic heterocycles. The molecule has 0 aliphatic heterocycles. The van der Waals surface area contributed by atoms with Crippen molar-refractivity contribution in [2.75, 3.05) is 13.1 Å². The number of aliphatic carboxylic acids is 1. The van der Waals surface area contributed by atoms with Crippen LogP contribution in [-0.4, -0.2) is 41.6 Å². The molecule has 0 atom stereocenters. The number of nitrogens with one attached hydrogen (secondary N) is 3. The van der Waals surface area contributed by atoms with Crippen LogP contribution in [0.1, 0.15) is 51.9 Å². The van der Waals surface area contributed by atoms with Gasteiger partial charge in [0.2, 0.25) is 5.91 Å². The van der Waals surface area contributed by atoms with E-state index in [1.165, 1.54) is 0 Å². The molecule has 7 nitrogen and oxygen atoms in total. The topological polar surface area (TPSA) is 108 Å². The zero-order valence-electron chi connectivity index (χ0n) is 12.5. The van der Waals surface area contributed by atoms with E-state index in [1.807, 2.05) is 6.92 Å². The van der Waals surface area contributed by atoms with Gasteiger partial charge in [0, 0.05) is 6.54 Å². The van der Waals surface area contributed by atoms with Crippen LogP contribution in [0.15, 0.2) is 0 Å². The molecule has 0 saturated heterocycles. The summed E-state index contributed by atoms with van der Waals surface area (Å²) in [7, 11) is 0. The number of hydrogen-bond acceptors (Lipinski definition) is 3. The van der Waals surface area contributed by atoms with Crippen molar-refractivity contribution in [1.29, 1.82) is 0 Å². The molecule has 0 unspecified atom stereocenters. The first-order valence-corrected chi connectivity index (χ1v) is 7.52. The zero-order valence-corrected chi connectivity index (χ0v) is 12.5. The second-order valence-corrected chi connectivity index (χ2v) is 5.57. The van der Waals surface area contributed by atoms with Crippen molar-refractivity contribution in [3.8, 4) is 0 Å². The van der Waals surface area contributed by atoms with Crippen LogP contribution in [0.5, 0.6) is 0 Å². The van der Waals surface area contributed by atoms with Crippen LogP contribution in [0.4, 0.5) is 4.79 Å². The molecule has 7 heteroatoms. The van der Waals surface area contributed by atoms with E-state index in [1.54, 1.807) is 0 Å². The van der Waals surface area contributed by atoms with Gasteiger partial charge in [0.25, 0.3) is 0 Å². The molecule has 0 radical (unpaired) electrons. The van der Waals surface area contributed by atoms with Gasteiger partial charge in [-0.1, -0.05) is 26.2 Å². The van der Waals surface area contributed by atoms with Gasteiger partial charge in [-0.2, -0.15) is 0 Å². The molecule has 1 fully saturated rings. The van der Waals surface area contributed by atoms with Crippen molar-refractivity contribution >= 4 is 17.9 Å². The quantitative estimate of drug-likeness (QED) is 0.562. The Labute approximate surface area is 124 Å². The number of hydrogen-bond donors (Lipinski definition) is 4. The monoisotopic (exact) mass is 299 g/mol. The van der Waals surface area contributed by atoms with Crippen molar-refractivity contribution in [3.05, 3.63) is 0 Å². The van der Waals surface area contributed by atoms with Gasteiger partial charge in [0.1, 0.15) is 0 Å². The van der Waals surface area contributed by atoms with E-state index in [0.717, 1.165) is 25.7 Å². The molecule has 0 aromatic rings. The Morgan fingerprint density at radius 2 is 1.76 bits per heavy atom. The maximum atomic E-state index is 11.9. The first kappa shape index (κ1) is 17.3. The molecule has 1 rings (SSSR count). The number of carboxylic acids is 1. The molecule has 3 amide bonds. The Bertz CT molecular complexity index is 378. The highest BCUT2D eigenvalue weighted by molar-refractivity contribution is 5.84. The number of amides is 3. The van der Waals surface area contributed by atoms with Gasteiger partial charge >= 0.3 is 12.0 Å². The van der Waals surface area contributed by atoms with Gasteiger partial charge in [0.05, 0.1) is 18.5 Å². The summed E-state index contributed by atoms with van der Waals surface area (Å²) in [5.41, 5.74) is -0.686. The average Bonchev–Trinajstić information content (AvgIpc) is 2.42. The van der Waals surface area contributed by atoms with Gasteiger partial charge in [-0.05, 0) is 19.3 Å². The summed E-state index contributed by atoms with van der Waals surface area (Å²) in [6.45, 7) is 2.42. The summed E-state index contributed by atoms with van der Waals surface area (Å²) in [6, 6.07) is -0.482. The third-order valence-electron chi connectivity index (χ3n) is 3.66. The first-order chi connectivity index (χ1) is 9.97. The highest BCUT2D eigenvalue weighted by Gasteiger charge is 2.35. The van der Waals surface area contributed by atoms with Crippen LogP contribution in [0.3, 0.4) is 0 Å². The zero-order chi connectivity index (χ0) is 15.7. The Kier molecular flexibility index (Phi) is 6.98. The molecule has 1 saturated carbocycles. The summed E-state index contributed by atoms with van der Waals surface area (Å²) in [4.78, 5) is 34.3. The molecule has 0 spiro atoms. The van der Waals surface area contributed by atoms with Gasteiger partial charge in [-0.25, -0.2) is 4.79 Å². The van der Waals surface area contributed by atoms with Crippen LogP contribution < -0.4 is 16.0 Å². The third-order valence-corrected chi connectivity index (χ3v) is 3.66. The summed E-state index contributed by atoms with van der Waals surface area (Å²) in [5.74, 6) is -1.17. The van der Waals surface area contributed by atoms with Crippen LogP contribution in [0, 0.1) is 0 Å². The summed E-state index contributed by atoms with van der Waals surface area (Å²) in [6.07, 6.45) is 4.95. The summed E-state index contributed by atoms with van der Waals surface area (Å²) in [5, 5.41) is 16.9. The number of carboxylic acid groups (broad SMARTS) is 1. The Morgan fingerprint density at radius 1 is 1.10 bits per heavy atom. The molecule has 1 aliphatic carbocycles. The van der Waals surface area contributed by atoms with Gasteiger partial charge in [-0.3, -0.25) is 9.59 Å². The van der Waals surface area contributed by atoms with Crippen molar-refractivity contribution in [3.63, 3.8) is 0 Å². The molecule has 0 bridgehead atoms. The summed E-state index contributed by atoms with van der Waals surface area (Å²) < 4.78 is 0. The number of carbonyl (C=O) groups is 3. The van der Waals surface area contributed by atoms with Crippen molar-refractivity contribution in [1.82, 2.24) is 16.0 Å². The molecular formula is C14H25N3O4. The van der Waals surface area contributed by atoms with E-state index in [9.17, 15) is 14.4 Å². The van der Waals surface area contributed by atoms with Gasteiger partial charge in [-0.15, -0.1) is 0 Å². The lowest BCUT2D eigenvalue weighted by Crippen LogP contribution is -2.55. The fourth-order valence-corrected chi connectivity index (χ4v) is 2.64. The molecule has 21 heavy (non-hydrogen) atoms. The number of rotatable bonds is 7. The van der Waals surface area contributed by atoms with Crippen molar-refractivity contribution in [2.45, 2.75) is 57.4 Å². The largest absolute Gasteiger partial charge is 0.481 e. The lowest BCUT2D eigenvalue weighted by atomic mass is 9.79. The fourth-order valence-electron chi connectivity index (χ4n) is 2.64. The highest BCUT2D eigenvalue weighted by atomic mass is 16.4. The van der Waals surface area contributed by atoms with Gasteiger partial charge in [0.15, 0.2) is 0 Å². The predicted molar refractivity (Wildman–Crippen MR) is 77.9 cm³/mol. The molecule has 4 N–H and O–H groups in total. The normalized spacial score (nSPS) is 16.8. The smallest absolute Gasteiger partial charge is 0.315 e. The van der Waals surface area contributed by atoms with E-state index in [0.29, 0.717) is 19.4 Å². The number of carbonyl (C=O) groups excluding carboxylic acids is 2. The Hall–Kier alpha value is -1.79. The molecule has 120 valence electrons. The lowest BCUT2D eigenvalue weighted by Gasteiger charge is -2.36. The third kappa shape index (κ3) is 6.46. The summed E-state index contributed by atoms with van der Waals surface area (Å²) >= 11 is 0. The molecular weight excluding hydrogens is 274 g/mol. The second-order valence-electron chi connectivity index (χ2n) is 5.57. The maximum Gasteiger partial charge on any atom is 0.315 e. The Balaban J connectivity index is 2.45. The van der Waals surface area contributed by atoms with Crippen LogP contribution in [-0.2, 0) is 9.59 Å². The minimum Gasteiger partial charge on any atom is -0.481 e. The lowest BCUT2D eigenvalue weighted by molar-refractivity contribution is -0.139. The maximum absolute atomic E-state index is 11.9. The fraction of sp³-hybridized carbons (Fsp3) is 0.786. The molecule has 0 heterocycles. The van der Waals surface area contributed by atoms with Gasteiger partial charge < -0.3 is 21.1 Å².